The molecular formula is C19H24N4. The normalized spacial score (nSPS) is 11.1. The third-order valence-electron chi connectivity index (χ3n) is 4.09. The molecule has 23 heavy (non-hydrogen) atoms. The van der Waals surface area contributed by atoms with Crippen LogP contribution < -0.4 is 5.32 Å². The first-order valence-corrected chi connectivity index (χ1v) is 8.42. The van der Waals surface area contributed by atoms with Crippen molar-refractivity contribution in [2.24, 2.45) is 0 Å². The fourth-order valence-electron chi connectivity index (χ4n) is 2.87. The molecule has 0 unspecified atom stereocenters. The maximum absolute atomic E-state index is 4.89. The van der Waals surface area contributed by atoms with Gasteiger partial charge in [0.15, 0.2) is 5.65 Å². The standard InChI is InChI=1S/C19H24N4/c1-4-6-12-20-17-13-16(15-10-8-7-9-11-15)21-19-18(17)14(3)22-23(19)5-2/h7-11,13H,4-6,12H2,1-3H3,(H,20,21). The van der Waals surface area contributed by atoms with Gasteiger partial charge in [0.2, 0.25) is 0 Å². The minimum Gasteiger partial charge on any atom is -0.384 e. The molecule has 1 aromatic carbocycles. The summed E-state index contributed by atoms with van der Waals surface area (Å²) in [6.07, 6.45) is 2.34. The topological polar surface area (TPSA) is 42.7 Å². The monoisotopic (exact) mass is 308 g/mol. The van der Waals surface area contributed by atoms with E-state index in [0.29, 0.717) is 0 Å². The molecule has 0 spiro atoms. The number of rotatable bonds is 6. The van der Waals surface area contributed by atoms with Crippen LogP contribution in [0.25, 0.3) is 22.3 Å². The van der Waals surface area contributed by atoms with Gasteiger partial charge in [0.25, 0.3) is 0 Å². The molecule has 4 heteroatoms. The third kappa shape index (κ3) is 3.07. The Bertz CT molecular complexity index is 790. The van der Waals surface area contributed by atoms with Crippen LogP contribution >= 0.6 is 0 Å². The van der Waals surface area contributed by atoms with Crippen LogP contribution in [0, 0.1) is 6.92 Å². The van der Waals surface area contributed by atoms with Crippen molar-refractivity contribution in [2.45, 2.75) is 40.2 Å². The Hall–Kier alpha value is -2.36. The van der Waals surface area contributed by atoms with Crippen molar-refractivity contribution in [3.8, 4) is 11.3 Å². The van der Waals surface area contributed by atoms with E-state index in [4.69, 9.17) is 4.98 Å². The molecule has 4 nitrogen and oxygen atoms in total. The van der Waals surface area contributed by atoms with E-state index in [0.717, 1.165) is 53.2 Å². The Morgan fingerprint density at radius 2 is 1.91 bits per heavy atom. The highest BCUT2D eigenvalue weighted by molar-refractivity contribution is 5.94. The number of aromatic nitrogens is 3. The molecular weight excluding hydrogens is 284 g/mol. The lowest BCUT2D eigenvalue weighted by atomic mass is 10.1. The lowest BCUT2D eigenvalue weighted by Crippen LogP contribution is -2.03. The second kappa shape index (κ2) is 6.82. The van der Waals surface area contributed by atoms with Gasteiger partial charge in [-0.25, -0.2) is 9.67 Å². The molecule has 2 heterocycles. The van der Waals surface area contributed by atoms with E-state index < -0.39 is 0 Å². The number of nitrogens with one attached hydrogen (secondary N) is 1. The lowest BCUT2D eigenvalue weighted by Gasteiger charge is -2.11. The van der Waals surface area contributed by atoms with E-state index in [9.17, 15) is 0 Å². The summed E-state index contributed by atoms with van der Waals surface area (Å²) in [5.74, 6) is 0. The Labute approximate surface area is 137 Å². The summed E-state index contributed by atoms with van der Waals surface area (Å²) in [7, 11) is 0. The molecule has 120 valence electrons. The number of anilines is 1. The zero-order valence-electron chi connectivity index (χ0n) is 14.1. The highest BCUT2D eigenvalue weighted by Gasteiger charge is 2.15. The summed E-state index contributed by atoms with van der Waals surface area (Å²) >= 11 is 0. The van der Waals surface area contributed by atoms with Crippen molar-refractivity contribution in [1.82, 2.24) is 14.8 Å². The number of aryl methyl sites for hydroxylation is 2. The van der Waals surface area contributed by atoms with Gasteiger partial charge in [0, 0.05) is 24.3 Å². The predicted molar refractivity (Wildman–Crippen MR) is 96.8 cm³/mol. The Balaban J connectivity index is 2.15. The fourth-order valence-corrected chi connectivity index (χ4v) is 2.87. The first kappa shape index (κ1) is 15.5. The molecule has 2 aromatic heterocycles. The van der Waals surface area contributed by atoms with Crippen LogP contribution in [-0.4, -0.2) is 21.3 Å². The van der Waals surface area contributed by atoms with Crippen LogP contribution in [0.1, 0.15) is 32.4 Å². The Kier molecular flexibility index (Phi) is 4.60. The van der Waals surface area contributed by atoms with E-state index in [1.807, 2.05) is 22.9 Å². The number of pyridine rings is 1. The van der Waals surface area contributed by atoms with E-state index in [2.05, 4.69) is 49.4 Å². The smallest absolute Gasteiger partial charge is 0.160 e. The summed E-state index contributed by atoms with van der Waals surface area (Å²) in [4.78, 5) is 4.89. The van der Waals surface area contributed by atoms with Crippen LogP contribution in [0.15, 0.2) is 36.4 Å². The van der Waals surface area contributed by atoms with Crippen LogP contribution in [0.3, 0.4) is 0 Å². The van der Waals surface area contributed by atoms with Crippen LogP contribution in [0.5, 0.6) is 0 Å². The maximum atomic E-state index is 4.89. The molecule has 0 atom stereocenters. The van der Waals surface area contributed by atoms with Gasteiger partial charge in [0.05, 0.1) is 16.8 Å². The molecule has 0 amide bonds. The molecule has 0 radical (unpaired) electrons. The minimum absolute atomic E-state index is 0.823. The maximum Gasteiger partial charge on any atom is 0.160 e. The van der Waals surface area contributed by atoms with Crippen LogP contribution in [-0.2, 0) is 6.54 Å². The van der Waals surface area contributed by atoms with Crippen molar-refractivity contribution >= 4 is 16.7 Å². The third-order valence-corrected chi connectivity index (χ3v) is 4.09. The van der Waals surface area contributed by atoms with Crippen LogP contribution in [0.4, 0.5) is 5.69 Å². The first-order valence-electron chi connectivity index (χ1n) is 8.42. The highest BCUT2D eigenvalue weighted by Crippen LogP contribution is 2.30. The Morgan fingerprint density at radius 1 is 1.13 bits per heavy atom. The average molecular weight is 308 g/mol. The van der Waals surface area contributed by atoms with Gasteiger partial charge in [-0.3, -0.25) is 0 Å². The molecule has 0 aliphatic carbocycles. The lowest BCUT2D eigenvalue weighted by molar-refractivity contribution is 0.670. The van der Waals surface area contributed by atoms with E-state index in [1.54, 1.807) is 0 Å². The highest BCUT2D eigenvalue weighted by atomic mass is 15.3. The molecule has 0 bridgehead atoms. The molecule has 3 rings (SSSR count). The summed E-state index contributed by atoms with van der Waals surface area (Å²) in [5.41, 5.74) is 5.26. The zero-order valence-corrected chi connectivity index (χ0v) is 14.1. The SMILES string of the molecule is CCCCNc1cc(-c2ccccc2)nc2c1c(C)nn2CC. The number of nitrogens with zero attached hydrogens (tertiary/aromatic N) is 3. The van der Waals surface area contributed by atoms with Gasteiger partial charge in [-0.15, -0.1) is 0 Å². The van der Waals surface area contributed by atoms with Crippen molar-refractivity contribution in [3.63, 3.8) is 0 Å². The molecule has 0 saturated heterocycles. The number of benzene rings is 1. The van der Waals surface area contributed by atoms with Gasteiger partial charge in [-0.1, -0.05) is 43.7 Å². The second-order valence-electron chi connectivity index (χ2n) is 5.80. The molecule has 3 aromatic rings. The Morgan fingerprint density at radius 3 is 2.61 bits per heavy atom. The van der Waals surface area contributed by atoms with Crippen molar-refractivity contribution < 1.29 is 0 Å². The van der Waals surface area contributed by atoms with E-state index in [-0.39, 0.29) is 0 Å². The molecule has 0 aliphatic heterocycles. The number of fused-ring (bicyclic) bond motifs is 1. The van der Waals surface area contributed by atoms with E-state index in [1.165, 1.54) is 6.42 Å². The zero-order chi connectivity index (χ0) is 16.2. The van der Waals surface area contributed by atoms with Crippen molar-refractivity contribution in [1.29, 1.82) is 0 Å². The number of hydrogen-bond donors (Lipinski definition) is 1. The summed E-state index contributed by atoms with van der Waals surface area (Å²) < 4.78 is 1.99. The molecule has 0 fully saturated rings. The van der Waals surface area contributed by atoms with Crippen molar-refractivity contribution in [3.05, 3.63) is 42.1 Å². The molecule has 0 saturated carbocycles. The van der Waals surface area contributed by atoms with Gasteiger partial charge >= 0.3 is 0 Å². The molecule has 1 N–H and O–H groups in total. The van der Waals surface area contributed by atoms with Gasteiger partial charge in [-0.05, 0) is 26.3 Å². The van der Waals surface area contributed by atoms with Gasteiger partial charge in [-0.2, -0.15) is 5.10 Å². The second-order valence-corrected chi connectivity index (χ2v) is 5.80. The summed E-state index contributed by atoms with van der Waals surface area (Å²) in [6, 6.07) is 12.5. The summed E-state index contributed by atoms with van der Waals surface area (Å²) in [5, 5.41) is 9.37. The summed E-state index contributed by atoms with van der Waals surface area (Å²) in [6.45, 7) is 8.17. The average Bonchev–Trinajstić information content (AvgIpc) is 2.92. The largest absolute Gasteiger partial charge is 0.384 e. The van der Waals surface area contributed by atoms with E-state index >= 15 is 0 Å². The number of unbranched alkanes of at least 4 members (excludes halogenated alkanes) is 1. The number of hydrogen-bond acceptors (Lipinski definition) is 3. The minimum atomic E-state index is 0.823. The van der Waals surface area contributed by atoms with Crippen molar-refractivity contribution in [2.75, 3.05) is 11.9 Å². The predicted octanol–water partition coefficient (Wildman–Crippen LogP) is 4.64. The van der Waals surface area contributed by atoms with Gasteiger partial charge in [0.1, 0.15) is 0 Å². The molecule has 0 aliphatic rings. The van der Waals surface area contributed by atoms with Crippen LogP contribution in [0.2, 0.25) is 0 Å². The first-order chi connectivity index (χ1) is 11.2. The fraction of sp³-hybridized carbons (Fsp3) is 0.368. The quantitative estimate of drug-likeness (QED) is 0.675. The van der Waals surface area contributed by atoms with Gasteiger partial charge < -0.3 is 5.32 Å².